The van der Waals surface area contributed by atoms with E-state index in [1.54, 1.807) is 56.5 Å². The summed E-state index contributed by atoms with van der Waals surface area (Å²) in [6.07, 6.45) is 0. The van der Waals surface area contributed by atoms with Gasteiger partial charge in [-0.05, 0) is 61.7 Å². The fourth-order valence-corrected chi connectivity index (χ4v) is 5.87. The highest BCUT2D eigenvalue weighted by atomic mass is 35.5. The second-order valence-corrected chi connectivity index (χ2v) is 12.7. The molecule has 3 aromatic carbocycles. The number of hydrogen-bond donors (Lipinski definition) is 1. The largest absolute Gasteiger partial charge is 0.497 e. The summed E-state index contributed by atoms with van der Waals surface area (Å²) < 4.78 is 34.0. The number of anilines is 1. The van der Waals surface area contributed by atoms with Gasteiger partial charge in [-0.3, -0.25) is 13.9 Å². The first-order valence-corrected chi connectivity index (χ1v) is 15.3. The third kappa shape index (κ3) is 8.15. The molecule has 0 saturated carbocycles. The summed E-state index contributed by atoms with van der Waals surface area (Å²) in [7, 11) is -2.71. The van der Waals surface area contributed by atoms with Crippen LogP contribution in [0.3, 0.4) is 0 Å². The molecule has 0 bridgehead atoms. The van der Waals surface area contributed by atoms with Gasteiger partial charge in [0.15, 0.2) is 0 Å². The van der Waals surface area contributed by atoms with E-state index in [9.17, 15) is 18.0 Å². The zero-order valence-corrected chi connectivity index (χ0v) is 26.1. The van der Waals surface area contributed by atoms with Crippen LogP contribution in [0.1, 0.15) is 31.9 Å². The lowest BCUT2D eigenvalue weighted by Crippen LogP contribution is -2.51. The fraction of sp³-hybridized carbons (Fsp3) is 0.333. The quantitative estimate of drug-likeness (QED) is 0.281. The molecule has 0 radical (unpaired) electrons. The minimum atomic E-state index is -4.26. The number of amides is 2. The number of nitrogens with zero attached hydrogens (tertiary/aromatic N) is 2. The van der Waals surface area contributed by atoms with E-state index in [-0.39, 0.29) is 39.0 Å². The highest BCUT2D eigenvalue weighted by molar-refractivity contribution is 7.92. The highest BCUT2D eigenvalue weighted by Gasteiger charge is 2.33. The summed E-state index contributed by atoms with van der Waals surface area (Å²) >= 11 is 12.7. The van der Waals surface area contributed by atoms with E-state index in [4.69, 9.17) is 27.9 Å². The van der Waals surface area contributed by atoms with E-state index < -0.39 is 28.5 Å². The van der Waals surface area contributed by atoms with Crippen LogP contribution in [0.4, 0.5) is 5.69 Å². The number of carbonyl (C=O) groups excluding carboxylic acids is 2. The maximum absolute atomic E-state index is 14.0. The molecular weight excluding hydrogens is 585 g/mol. The predicted octanol–water partition coefficient (Wildman–Crippen LogP) is 5.70. The Hall–Kier alpha value is -3.27. The maximum atomic E-state index is 14.0. The second-order valence-electron chi connectivity index (χ2n) is 10.1. The number of halogens is 2. The molecule has 0 aliphatic rings. The van der Waals surface area contributed by atoms with Gasteiger partial charge in [-0.1, -0.05) is 72.9 Å². The van der Waals surface area contributed by atoms with Gasteiger partial charge < -0.3 is 15.0 Å². The molecule has 41 heavy (non-hydrogen) atoms. The zero-order valence-electron chi connectivity index (χ0n) is 23.7. The van der Waals surface area contributed by atoms with Crippen molar-refractivity contribution in [2.75, 3.05) is 24.5 Å². The van der Waals surface area contributed by atoms with Gasteiger partial charge in [-0.25, -0.2) is 8.42 Å². The first kappa shape index (κ1) is 32.2. The van der Waals surface area contributed by atoms with Crippen molar-refractivity contribution in [1.82, 2.24) is 10.2 Å². The van der Waals surface area contributed by atoms with E-state index in [0.29, 0.717) is 12.3 Å². The summed E-state index contributed by atoms with van der Waals surface area (Å²) in [5.74, 6) is -0.105. The van der Waals surface area contributed by atoms with E-state index in [2.05, 4.69) is 5.32 Å². The molecule has 0 aromatic heterocycles. The summed E-state index contributed by atoms with van der Waals surface area (Å²) in [4.78, 5) is 28.4. The van der Waals surface area contributed by atoms with Gasteiger partial charge >= 0.3 is 0 Å². The average molecular weight is 621 g/mol. The molecule has 1 N–H and O–H groups in total. The Morgan fingerprint density at radius 3 is 2.17 bits per heavy atom. The fourth-order valence-electron chi connectivity index (χ4n) is 4.00. The van der Waals surface area contributed by atoms with Crippen LogP contribution in [-0.4, -0.2) is 51.4 Å². The first-order chi connectivity index (χ1) is 19.3. The monoisotopic (exact) mass is 619 g/mol. The SMILES string of the molecule is COc1ccc(CN(C(=O)CN(c2cccc(Cl)c2Cl)S(=O)(=O)c2ccc(C)cc2)C(C)C(=O)NCC(C)C)cc1. The minimum Gasteiger partial charge on any atom is -0.497 e. The van der Waals surface area contributed by atoms with Crippen LogP contribution in [-0.2, 0) is 26.2 Å². The van der Waals surface area contributed by atoms with E-state index in [0.717, 1.165) is 15.4 Å². The van der Waals surface area contributed by atoms with Gasteiger partial charge in [0.2, 0.25) is 11.8 Å². The number of benzene rings is 3. The number of rotatable bonds is 12. The Morgan fingerprint density at radius 1 is 0.951 bits per heavy atom. The standard InChI is InChI=1S/C30H35Cl2N3O5S/c1-20(2)17-33-30(37)22(4)34(18-23-11-13-24(40-5)14-12-23)28(36)19-35(27-8-6-7-26(31)29(27)32)41(38,39)25-15-9-21(3)10-16-25/h6-16,20,22H,17-19H2,1-5H3,(H,33,37). The molecule has 0 heterocycles. The lowest BCUT2D eigenvalue weighted by Gasteiger charge is -2.32. The molecule has 0 fully saturated rings. The third-order valence-corrected chi connectivity index (χ3v) is 9.03. The number of sulfonamides is 1. The zero-order chi connectivity index (χ0) is 30.3. The summed E-state index contributed by atoms with van der Waals surface area (Å²) in [6.45, 7) is 7.26. The van der Waals surface area contributed by atoms with Crippen molar-refractivity contribution >= 4 is 50.7 Å². The van der Waals surface area contributed by atoms with Crippen LogP contribution in [0.5, 0.6) is 5.75 Å². The van der Waals surface area contributed by atoms with Crippen molar-refractivity contribution in [2.24, 2.45) is 5.92 Å². The van der Waals surface area contributed by atoms with E-state index >= 15 is 0 Å². The van der Waals surface area contributed by atoms with Crippen LogP contribution in [0.25, 0.3) is 0 Å². The molecule has 1 atom stereocenters. The van der Waals surface area contributed by atoms with Gasteiger partial charge in [0.1, 0.15) is 18.3 Å². The van der Waals surface area contributed by atoms with Crippen molar-refractivity contribution in [2.45, 2.75) is 45.2 Å². The first-order valence-electron chi connectivity index (χ1n) is 13.1. The van der Waals surface area contributed by atoms with Gasteiger partial charge in [0, 0.05) is 13.1 Å². The number of carbonyl (C=O) groups is 2. The molecule has 11 heteroatoms. The molecule has 0 aliphatic carbocycles. The molecule has 1 unspecified atom stereocenters. The van der Waals surface area contributed by atoms with Crippen molar-refractivity contribution in [3.05, 3.63) is 87.9 Å². The Kier molecular flexibility index (Phi) is 11.1. The number of ether oxygens (including phenoxy) is 1. The maximum Gasteiger partial charge on any atom is 0.264 e. The number of nitrogens with one attached hydrogen (secondary N) is 1. The number of aryl methyl sites for hydroxylation is 1. The second kappa shape index (κ2) is 14.1. The lowest BCUT2D eigenvalue weighted by atomic mass is 10.1. The molecule has 8 nitrogen and oxygen atoms in total. The van der Waals surface area contributed by atoms with Crippen LogP contribution in [0.2, 0.25) is 10.0 Å². The Bertz CT molecular complexity index is 1460. The number of hydrogen-bond acceptors (Lipinski definition) is 5. The molecule has 0 aliphatic heterocycles. The molecule has 220 valence electrons. The topological polar surface area (TPSA) is 96.0 Å². The Labute approximate surface area is 252 Å². The van der Waals surface area contributed by atoms with Crippen molar-refractivity contribution in [3.8, 4) is 5.75 Å². The molecule has 2 amide bonds. The average Bonchev–Trinajstić information content (AvgIpc) is 2.95. The van der Waals surface area contributed by atoms with Crippen LogP contribution in [0, 0.1) is 12.8 Å². The molecule has 3 aromatic rings. The molecular formula is C30H35Cl2N3O5S. The molecule has 0 spiro atoms. The van der Waals surface area contributed by atoms with Gasteiger partial charge in [0.05, 0.1) is 27.7 Å². The van der Waals surface area contributed by atoms with E-state index in [1.807, 2.05) is 20.8 Å². The van der Waals surface area contributed by atoms with Crippen molar-refractivity contribution < 1.29 is 22.7 Å². The lowest BCUT2D eigenvalue weighted by molar-refractivity contribution is -0.139. The van der Waals surface area contributed by atoms with Crippen LogP contribution >= 0.6 is 23.2 Å². The van der Waals surface area contributed by atoms with Gasteiger partial charge in [-0.15, -0.1) is 0 Å². The third-order valence-electron chi connectivity index (χ3n) is 6.45. The van der Waals surface area contributed by atoms with Crippen molar-refractivity contribution in [3.63, 3.8) is 0 Å². The molecule has 3 rings (SSSR count). The summed E-state index contributed by atoms with van der Waals surface area (Å²) in [5, 5.41) is 2.99. The van der Waals surface area contributed by atoms with Gasteiger partial charge in [0.25, 0.3) is 10.0 Å². The number of methoxy groups -OCH3 is 1. The summed E-state index contributed by atoms with van der Waals surface area (Å²) in [6, 6.07) is 17.0. The smallest absolute Gasteiger partial charge is 0.264 e. The highest BCUT2D eigenvalue weighted by Crippen LogP contribution is 2.35. The van der Waals surface area contributed by atoms with Crippen molar-refractivity contribution in [1.29, 1.82) is 0 Å². The Balaban J connectivity index is 2.05. The minimum absolute atomic E-state index is 0.0120. The Morgan fingerprint density at radius 2 is 1.59 bits per heavy atom. The normalized spacial score (nSPS) is 12.1. The van der Waals surface area contributed by atoms with Crippen LogP contribution in [0.15, 0.2) is 71.6 Å². The molecule has 0 saturated heterocycles. The van der Waals surface area contributed by atoms with E-state index in [1.165, 1.54) is 29.2 Å². The van der Waals surface area contributed by atoms with Gasteiger partial charge in [-0.2, -0.15) is 0 Å². The predicted molar refractivity (Wildman–Crippen MR) is 163 cm³/mol. The summed E-state index contributed by atoms with van der Waals surface area (Å²) in [5.41, 5.74) is 1.66. The van der Waals surface area contributed by atoms with Crippen LogP contribution < -0.4 is 14.4 Å².